The van der Waals surface area contributed by atoms with E-state index in [-0.39, 0.29) is 22.7 Å². The Morgan fingerprint density at radius 1 is 1.16 bits per heavy atom. The predicted octanol–water partition coefficient (Wildman–Crippen LogP) is 3.45. The van der Waals surface area contributed by atoms with Crippen LogP contribution < -0.4 is 10.1 Å². The molecule has 0 saturated heterocycles. The Kier molecular flexibility index (Phi) is 6.50. The van der Waals surface area contributed by atoms with Crippen LogP contribution in [0.1, 0.15) is 35.7 Å². The lowest BCUT2D eigenvalue weighted by Crippen LogP contribution is -2.42. The molecular formula is C24H25N3O4S. The van der Waals surface area contributed by atoms with Gasteiger partial charge in [-0.05, 0) is 47.9 Å². The van der Waals surface area contributed by atoms with E-state index in [4.69, 9.17) is 4.74 Å². The number of fused-ring (bicyclic) bond motifs is 1. The number of sulfone groups is 1. The van der Waals surface area contributed by atoms with E-state index in [2.05, 4.69) is 15.3 Å². The third kappa shape index (κ3) is 4.80. The molecule has 2 aromatic heterocycles. The van der Waals surface area contributed by atoms with Crippen LogP contribution in [0, 0.1) is 0 Å². The first kappa shape index (κ1) is 22.0. The molecule has 3 aromatic rings. The van der Waals surface area contributed by atoms with Gasteiger partial charge in [0.05, 0.1) is 17.4 Å². The normalized spacial score (nSPS) is 15.5. The molecule has 32 heavy (non-hydrogen) atoms. The Labute approximate surface area is 187 Å². The molecule has 1 aromatic carbocycles. The highest BCUT2D eigenvalue weighted by molar-refractivity contribution is 7.91. The summed E-state index contributed by atoms with van der Waals surface area (Å²) in [5, 5.41) is 2.98. The molecule has 166 valence electrons. The van der Waals surface area contributed by atoms with Gasteiger partial charge >= 0.3 is 0 Å². The van der Waals surface area contributed by atoms with Gasteiger partial charge in [-0.2, -0.15) is 0 Å². The zero-order valence-corrected chi connectivity index (χ0v) is 18.6. The highest BCUT2D eigenvalue weighted by Crippen LogP contribution is 2.34. The maximum absolute atomic E-state index is 12.7. The Bertz CT molecular complexity index is 1200. The first-order chi connectivity index (χ1) is 15.5. The molecule has 7 nitrogen and oxygen atoms in total. The van der Waals surface area contributed by atoms with Crippen molar-refractivity contribution in [3.63, 3.8) is 0 Å². The second kappa shape index (κ2) is 9.48. The lowest BCUT2D eigenvalue weighted by atomic mass is 9.93. The van der Waals surface area contributed by atoms with Crippen LogP contribution in [0.2, 0.25) is 0 Å². The molecule has 1 aliphatic heterocycles. The molecular weight excluding hydrogens is 426 g/mol. The van der Waals surface area contributed by atoms with Gasteiger partial charge in [-0.25, -0.2) is 13.4 Å². The Morgan fingerprint density at radius 3 is 2.69 bits per heavy atom. The first-order valence-electron chi connectivity index (χ1n) is 10.6. The number of amides is 1. The Morgan fingerprint density at radius 2 is 1.97 bits per heavy atom. The monoisotopic (exact) mass is 451 g/mol. The molecule has 0 saturated carbocycles. The minimum Gasteiger partial charge on any atom is -0.491 e. The predicted molar refractivity (Wildman–Crippen MR) is 121 cm³/mol. The topological polar surface area (TPSA) is 98.2 Å². The molecule has 0 fully saturated rings. The van der Waals surface area contributed by atoms with Gasteiger partial charge in [-0.3, -0.25) is 9.78 Å². The zero-order valence-electron chi connectivity index (χ0n) is 17.8. The minimum absolute atomic E-state index is 0.000537. The molecule has 1 atom stereocenters. The molecule has 4 rings (SSSR count). The number of aromatic nitrogens is 2. The van der Waals surface area contributed by atoms with Crippen LogP contribution in [0.25, 0.3) is 11.1 Å². The second-order valence-electron chi connectivity index (χ2n) is 7.76. The van der Waals surface area contributed by atoms with Crippen molar-refractivity contribution in [1.29, 1.82) is 0 Å². The van der Waals surface area contributed by atoms with E-state index in [1.165, 1.54) is 18.3 Å². The number of nitrogens with zero attached hydrogens (tertiary/aromatic N) is 2. The maximum Gasteiger partial charge on any atom is 0.253 e. The van der Waals surface area contributed by atoms with Crippen LogP contribution in [-0.4, -0.2) is 42.7 Å². The number of carbonyl (C=O) groups is 1. The lowest BCUT2D eigenvalue weighted by molar-refractivity contribution is 0.0915. The van der Waals surface area contributed by atoms with Crippen molar-refractivity contribution in [3.05, 3.63) is 72.2 Å². The van der Waals surface area contributed by atoms with E-state index < -0.39 is 9.84 Å². The molecule has 0 aliphatic carbocycles. The number of hydrogen-bond acceptors (Lipinski definition) is 6. The summed E-state index contributed by atoms with van der Waals surface area (Å²) in [7, 11) is -3.42. The summed E-state index contributed by atoms with van der Waals surface area (Å²) in [6.07, 6.45) is 6.80. The summed E-state index contributed by atoms with van der Waals surface area (Å²) < 4.78 is 30.5. The van der Waals surface area contributed by atoms with Gasteiger partial charge in [0.25, 0.3) is 5.91 Å². The molecule has 0 radical (unpaired) electrons. The van der Waals surface area contributed by atoms with Gasteiger partial charge in [-0.1, -0.05) is 25.5 Å². The number of rotatable bonds is 7. The van der Waals surface area contributed by atoms with Crippen molar-refractivity contribution in [2.45, 2.75) is 37.3 Å². The fourth-order valence-corrected chi connectivity index (χ4v) is 5.07. The fraction of sp³-hybridized carbons (Fsp3) is 0.292. The van der Waals surface area contributed by atoms with Crippen molar-refractivity contribution in [2.24, 2.45) is 0 Å². The van der Waals surface area contributed by atoms with Crippen molar-refractivity contribution in [3.8, 4) is 16.9 Å². The minimum atomic E-state index is -3.42. The molecule has 1 N–H and O–H groups in total. The van der Waals surface area contributed by atoms with Crippen molar-refractivity contribution in [1.82, 2.24) is 15.3 Å². The van der Waals surface area contributed by atoms with Crippen molar-refractivity contribution in [2.75, 3.05) is 12.4 Å². The van der Waals surface area contributed by atoms with E-state index in [1.54, 1.807) is 12.4 Å². The summed E-state index contributed by atoms with van der Waals surface area (Å²) in [6.45, 7) is 2.29. The van der Waals surface area contributed by atoms with Crippen LogP contribution in [0.3, 0.4) is 0 Å². The van der Waals surface area contributed by atoms with Gasteiger partial charge in [0.1, 0.15) is 12.4 Å². The first-order valence-corrected chi connectivity index (χ1v) is 12.3. The summed E-state index contributed by atoms with van der Waals surface area (Å²) in [6, 6.07) is 12.5. The molecule has 0 spiro atoms. The molecule has 0 unspecified atom stereocenters. The Balaban J connectivity index is 1.47. The number of ether oxygens (including phenoxy) is 1. The quantitative estimate of drug-likeness (QED) is 0.591. The summed E-state index contributed by atoms with van der Waals surface area (Å²) in [4.78, 5) is 20.8. The standard InChI is InChI=1S/C24H25N3O4S/c1-2-3-13-32(29,30)23-8-7-18(15-26-23)24(28)27-19-14-21-20(17-9-11-25-12-10-17)5-4-6-22(21)31-16-19/h4-12,15,19H,2-3,13-14,16H2,1H3,(H,27,28)/t19-/m0/s1. The number of pyridine rings is 2. The van der Waals surface area contributed by atoms with Crippen LogP contribution in [0.4, 0.5) is 0 Å². The van der Waals surface area contributed by atoms with E-state index in [0.29, 0.717) is 25.0 Å². The molecule has 0 bridgehead atoms. The molecule has 1 aliphatic rings. The van der Waals surface area contributed by atoms with Crippen LogP contribution in [-0.2, 0) is 16.3 Å². The average Bonchev–Trinajstić information content (AvgIpc) is 2.83. The number of carbonyl (C=O) groups excluding carboxylic acids is 1. The molecule has 8 heteroatoms. The number of nitrogens with one attached hydrogen (secondary N) is 1. The third-order valence-electron chi connectivity index (χ3n) is 5.43. The summed E-state index contributed by atoms with van der Waals surface area (Å²) in [5.74, 6) is 0.558. The molecule has 3 heterocycles. The summed E-state index contributed by atoms with van der Waals surface area (Å²) in [5.41, 5.74) is 3.43. The van der Waals surface area contributed by atoms with E-state index >= 15 is 0 Å². The van der Waals surface area contributed by atoms with Gasteiger partial charge in [-0.15, -0.1) is 0 Å². The van der Waals surface area contributed by atoms with E-state index in [0.717, 1.165) is 28.9 Å². The van der Waals surface area contributed by atoms with Gasteiger partial charge in [0, 0.05) is 30.6 Å². The summed E-state index contributed by atoms with van der Waals surface area (Å²) >= 11 is 0. The third-order valence-corrected chi connectivity index (χ3v) is 7.14. The number of unbranched alkanes of at least 4 members (excludes halogenated alkanes) is 1. The maximum atomic E-state index is 12.7. The van der Waals surface area contributed by atoms with Crippen LogP contribution in [0.5, 0.6) is 5.75 Å². The van der Waals surface area contributed by atoms with Gasteiger partial charge < -0.3 is 10.1 Å². The van der Waals surface area contributed by atoms with Crippen LogP contribution >= 0.6 is 0 Å². The lowest BCUT2D eigenvalue weighted by Gasteiger charge is -2.28. The largest absolute Gasteiger partial charge is 0.491 e. The zero-order chi connectivity index (χ0) is 22.6. The van der Waals surface area contributed by atoms with Crippen molar-refractivity contribution < 1.29 is 17.9 Å². The highest BCUT2D eigenvalue weighted by atomic mass is 32.2. The smallest absolute Gasteiger partial charge is 0.253 e. The Hall–Kier alpha value is -3.26. The number of hydrogen-bond donors (Lipinski definition) is 1. The van der Waals surface area contributed by atoms with Crippen molar-refractivity contribution >= 4 is 15.7 Å². The molecule has 1 amide bonds. The average molecular weight is 452 g/mol. The number of benzene rings is 1. The SMILES string of the molecule is CCCCS(=O)(=O)c1ccc(C(=O)N[C@@H]2COc3cccc(-c4ccncc4)c3C2)cn1. The van der Waals surface area contributed by atoms with Gasteiger partial charge in [0.15, 0.2) is 14.9 Å². The second-order valence-corrected chi connectivity index (χ2v) is 9.82. The highest BCUT2D eigenvalue weighted by Gasteiger charge is 2.25. The van der Waals surface area contributed by atoms with Gasteiger partial charge in [0.2, 0.25) is 0 Å². The fourth-order valence-electron chi connectivity index (χ4n) is 3.71. The van der Waals surface area contributed by atoms with Crippen LogP contribution in [0.15, 0.2) is 66.1 Å². The van der Waals surface area contributed by atoms with E-state index in [9.17, 15) is 13.2 Å². The van der Waals surface area contributed by atoms with E-state index in [1.807, 2.05) is 37.3 Å².